The van der Waals surface area contributed by atoms with Gasteiger partial charge < -0.3 is 5.32 Å². The van der Waals surface area contributed by atoms with Crippen LogP contribution in [0, 0.1) is 0 Å². The highest BCUT2D eigenvalue weighted by Crippen LogP contribution is 2.18. The summed E-state index contributed by atoms with van der Waals surface area (Å²) in [4.78, 5) is 0. The Balaban J connectivity index is 2.83. The number of para-hydroxylation sites is 1. The van der Waals surface area contributed by atoms with E-state index in [1.54, 1.807) is 0 Å². The maximum absolute atomic E-state index is 3.17. The summed E-state index contributed by atoms with van der Waals surface area (Å²) in [5.74, 6) is 1.08. The smallest absolute Gasteiger partial charge is 0.0378 e. The standard InChI is InChI=1S/C9H13NS/c1-10-9-6-4-3-5-8(9)7-11-2/h3-6,10H,7H2,1-2H3. The van der Waals surface area contributed by atoms with Gasteiger partial charge in [0.15, 0.2) is 0 Å². The highest BCUT2D eigenvalue weighted by Gasteiger charge is 1.96. The van der Waals surface area contributed by atoms with Crippen molar-refractivity contribution in [1.82, 2.24) is 0 Å². The zero-order valence-corrected chi connectivity index (χ0v) is 7.74. The Morgan fingerprint density at radius 3 is 2.73 bits per heavy atom. The third-order valence-electron chi connectivity index (χ3n) is 1.59. The SMILES string of the molecule is CNc1ccccc1CSC. The molecule has 1 rings (SSSR count). The second-order valence-electron chi connectivity index (χ2n) is 2.34. The van der Waals surface area contributed by atoms with Gasteiger partial charge in [-0.1, -0.05) is 18.2 Å². The van der Waals surface area contributed by atoms with Crippen LogP contribution in [0.1, 0.15) is 5.56 Å². The molecule has 0 aliphatic heterocycles. The lowest BCUT2D eigenvalue weighted by Gasteiger charge is -2.06. The Kier molecular flexibility index (Phi) is 3.30. The first-order chi connectivity index (χ1) is 5.38. The minimum absolute atomic E-state index is 1.08. The molecule has 1 nitrogen and oxygen atoms in total. The molecule has 0 fully saturated rings. The minimum atomic E-state index is 1.08. The topological polar surface area (TPSA) is 12.0 Å². The molecule has 0 atom stereocenters. The predicted octanol–water partition coefficient (Wildman–Crippen LogP) is 2.59. The van der Waals surface area contributed by atoms with Crippen LogP contribution in [-0.4, -0.2) is 13.3 Å². The molecule has 0 amide bonds. The summed E-state index contributed by atoms with van der Waals surface area (Å²) in [6, 6.07) is 8.38. The molecule has 0 aromatic heterocycles. The van der Waals surface area contributed by atoms with Crippen LogP contribution in [0.5, 0.6) is 0 Å². The molecule has 0 unspecified atom stereocenters. The molecular formula is C9H13NS. The molecule has 0 bridgehead atoms. The molecule has 2 heteroatoms. The van der Waals surface area contributed by atoms with Gasteiger partial charge in [-0.2, -0.15) is 11.8 Å². The number of hydrogen-bond acceptors (Lipinski definition) is 2. The minimum Gasteiger partial charge on any atom is -0.388 e. The Morgan fingerprint density at radius 2 is 2.09 bits per heavy atom. The van der Waals surface area contributed by atoms with E-state index >= 15 is 0 Å². The van der Waals surface area contributed by atoms with Gasteiger partial charge in [0.2, 0.25) is 0 Å². The number of hydrogen-bond donors (Lipinski definition) is 1. The Bertz CT molecular complexity index is 223. The van der Waals surface area contributed by atoms with Crippen molar-refractivity contribution >= 4 is 17.4 Å². The van der Waals surface area contributed by atoms with Crippen LogP contribution in [-0.2, 0) is 5.75 Å². The summed E-state index contributed by atoms with van der Waals surface area (Å²) >= 11 is 1.84. The Hall–Kier alpha value is -0.630. The van der Waals surface area contributed by atoms with Crippen LogP contribution in [0.2, 0.25) is 0 Å². The molecular weight excluding hydrogens is 154 g/mol. The van der Waals surface area contributed by atoms with E-state index in [9.17, 15) is 0 Å². The third-order valence-corrected chi connectivity index (χ3v) is 2.19. The lowest BCUT2D eigenvalue weighted by Crippen LogP contribution is -1.92. The highest BCUT2D eigenvalue weighted by molar-refractivity contribution is 7.97. The third kappa shape index (κ3) is 2.15. The van der Waals surface area contributed by atoms with Crippen molar-refractivity contribution in [3.05, 3.63) is 29.8 Å². The van der Waals surface area contributed by atoms with Gasteiger partial charge in [0.05, 0.1) is 0 Å². The van der Waals surface area contributed by atoms with Crippen LogP contribution < -0.4 is 5.32 Å². The molecule has 0 heterocycles. The van der Waals surface area contributed by atoms with E-state index in [1.165, 1.54) is 11.3 Å². The molecule has 0 aliphatic rings. The van der Waals surface area contributed by atoms with E-state index in [0.717, 1.165) is 5.75 Å². The second kappa shape index (κ2) is 4.29. The largest absolute Gasteiger partial charge is 0.388 e. The first-order valence-electron chi connectivity index (χ1n) is 3.63. The van der Waals surface area contributed by atoms with Crippen LogP contribution in [0.15, 0.2) is 24.3 Å². The maximum Gasteiger partial charge on any atom is 0.0378 e. The normalized spacial score (nSPS) is 9.64. The zero-order valence-electron chi connectivity index (χ0n) is 6.92. The maximum atomic E-state index is 3.17. The summed E-state index contributed by atoms with van der Waals surface area (Å²) in [6.07, 6.45) is 2.12. The number of benzene rings is 1. The average Bonchev–Trinajstić information content (AvgIpc) is 2.06. The van der Waals surface area contributed by atoms with Gasteiger partial charge in [0.25, 0.3) is 0 Å². The summed E-state index contributed by atoms with van der Waals surface area (Å²) in [7, 11) is 1.96. The van der Waals surface area contributed by atoms with E-state index in [-0.39, 0.29) is 0 Å². The molecule has 0 spiro atoms. The molecule has 1 aromatic rings. The van der Waals surface area contributed by atoms with Crippen molar-refractivity contribution in [2.45, 2.75) is 5.75 Å². The number of nitrogens with one attached hydrogen (secondary N) is 1. The molecule has 11 heavy (non-hydrogen) atoms. The van der Waals surface area contributed by atoms with Crippen LogP contribution in [0.4, 0.5) is 5.69 Å². The number of thioether (sulfide) groups is 1. The van der Waals surface area contributed by atoms with Gasteiger partial charge in [-0.15, -0.1) is 0 Å². The first kappa shape index (κ1) is 8.47. The number of rotatable bonds is 3. The monoisotopic (exact) mass is 167 g/mol. The quantitative estimate of drug-likeness (QED) is 0.742. The Morgan fingerprint density at radius 1 is 1.36 bits per heavy atom. The van der Waals surface area contributed by atoms with Crippen LogP contribution in [0.3, 0.4) is 0 Å². The molecule has 1 N–H and O–H groups in total. The van der Waals surface area contributed by atoms with Gasteiger partial charge in [-0.05, 0) is 17.9 Å². The fourth-order valence-electron chi connectivity index (χ4n) is 1.05. The van der Waals surface area contributed by atoms with Gasteiger partial charge in [0, 0.05) is 18.5 Å². The molecule has 0 aliphatic carbocycles. The zero-order chi connectivity index (χ0) is 8.10. The van der Waals surface area contributed by atoms with Crippen molar-refractivity contribution < 1.29 is 0 Å². The summed E-state index contributed by atoms with van der Waals surface area (Å²) < 4.78 is 0. The Labute approximate surface area is 72.2 Å². The summed E-state index contributed by atoms with van der Waals surface area (Å²) in [5, 5.41) is 3.17. The van der Waals surface area contributed by atoms with Gasteiger partial charge in [-0.3, -0.25) is 0 Å². The predicted molar refractivity (Wildman–Crippen MR) is 53.2 cm³/mol. The fraction of sp³-hybridized carbons (Fsp3) is 0.333. The van der Waals surface area contributed by atoms with E-state index in [0.29, 0.717) is 0 Å². The van der Waals surface area contributed by atoms with E-state index in [2.05, 4.69) is 35.8 Å². The molecule has 60 valence electrons. The average molecular weight is 167 g/mol. The van der Waals surface area contributed by atoms with E-state index < -0.39 is 0 Å². The molecule has 0 saturated carbocycles. The van der Waals surface area contributed by atoms with Gasteiger partial charge in [-0.25, -0.2) is 0 Å². The molecule has 0 radical (unpaired) electrons. The van der Waals surface area contributed by atoms with E-state index in [1.807, 2.05) is 18.8 Å². The summed E-state index contributed by atoms with van der Waals surface area (Å²) in [6.45, 7) is 0. The highest BCUT2D eigenvalue weighted by atomic mass is 32.2. The van der Waals surface area contributed by atoms with Gasteiger partial charge in [0.1, 0.15) is 0 Å². The lowest BCUT2D eigenvalue weighted by molar-refractivity contribution is 1.37. The number of anilines is 1. The first-order valence-corrected chi connectivity index (χ1v) is 5.02. The van der Waals surface area contributed by atoms with Crippen molar-refractivity contribution in [2.24, 2.45) is 0 Å². The summed E-state index contributed by atoms with van der Waals surface area (Å²) in [5.41, 5.74) is 2.62. The molecule has 1 aromatic carbocycles. The second-order valence-corrected chi connectivity index (χ2v) is 3.21. The molecule has 0 saturated heterocycles. The van der Waals surface area contributed by atoms with Crippen LogP contribution in [0.25, 0.3) is 0 Å². The van der Waals surface area contributed by atoms with Crippen molar-refractivity contribution in [1.29, 1.82) is 0 Å². The van der Waals surface area contributed by atoms with E-state index in [4.69, 9.17) is 0 Å². The fourth-order valence-corrected chi connectivity index (χ4v) is 1.61. The van der Waals surface area contributed by atoms with Crippen LogP contribution >= 0.6 is 11.8 Å². The lowest BCUT2D eigenvalue weighted by atomic mass is 10.2. The van der Waals surface area contributed by atoms with Gasteiger partial charge >= 0.3 is 0 Å². The van der Waals surface area contributed by atoms with Crippen molar-refractivity contribution in [2.75, 3.05) is 18.6 Å². The van der Waals surface area contributed by atoms with Crippen molar-refractivity contribution in [3.63, 3.8) is 0 Å². The van der Waals surface area contributed by atoms with Crippen molar-refractivity contribution in [3.8, 4) is 0 Å².